The summed E-state index contributed by atoms with van der Waals surface area (Å²) >= 11 is 0. The lowest BCUT2D eigenvalue weighted by molar-refractivity contribution is 0.0947. The molecule has 0 aliphatic rings. The molecule has 4 nitrogen and oxygen atoms in total. The molecule has 0 aliphatic carbocycles. The summed E-state index contributed by atoms with van der Waals surface area (Å²) in [5.74, 6) is 0.498. The topological polar surface area (TPSA) is 66.0 Å². The smallest absolute Gasteiger partial charge is 0.251 e. The molecule has 1 heterocycles. The van der Waals surface area contributed by atoms with Gasteiger partial charge in [-0.3, -0.25) is 4.79 Å². The number of hydrogen-bond donors (Lipinski definition) is 1. The maximum Gasteiger partial charge on any atom is 0.251 e. The zero-order valence-electron chi connectivity index (χ0n) is 9.72. The first-order valence-corrected chi connectivity index (χ1v) is 5.56. The average molecular weight is 240 g/mol. The van der Waals surface area contributed by atoms with Gasteiger partial charge in [0.15, 0.2) is 0 Å². The van der Waals surface area contributed by atoms with Crippen LogP contribution in [-0.4, -0.2) is 5.91 Å². The minimum atomic E-state index is -0.197. The summed E-state index contributed by atoms with van der Waals surface area (Å²) < 4.78 is 5.13. The fraction of sp³-hybridized carbons (Fsp3) is 0.143. The first-order chi connectivity index (χ1) is 8.81. The Morgan fingerprint density at radius 3 is 2.83 bits per heavy atom. The molecule has 1 N–H and O–H groups in total. The number of amides is 1. The van der Waals surface area contributed by atoms with E-state index in [0.717, 1.165) is 5.56 Å². The molecular weight excluding hydrogens is 228 g/mol. The molecule has 18 heavy (non-hydrogen) atoms. The van der Waals surface area contributed by atoms with Gasteiger partial charge in [0.1, 0.15) is 5.76 Å². The maximum absolute atomic E-state index is 12.0. The Kier molecular flexibility index (Phi) is 3.77. The van der Waals surface area contributed by atoms with E-state index in [9.17, 15) is 4.79 Å². The van der Waals surface area contributed by atoms with Gasteiger partial charge >= 0.3 is 0 Å². The van der Waals surface area contributed by atoms with Gasteiger partial charge in [0.25, 0.3) is 5.91 Å². The second-order valence-corrected chi connectivity index (χ2v) is 3.75. The molecule has 0 bridgehead atoms. The van der Waals surface area contributed by atoms with Crippen LogP contribution < -0.4 is 5.32 Å². The van der Waals surface area contributed by atoms with Crippen molar-refractivity contribution in [3.63, 3.8) is 0 Å². The highest BCUT2D eigenvalue weighted by atomic mass is 16.3. The van der Waals surface area contributed by atoms with Crippen molar-refractivity contribution < 1.29 is 9.21 Å². The highest BCUT2D eigenvalue weighted by Crippen LogP contribution is 2.09. The summed E-state index contributed by atoms with van der Waals surface area (Å²) in [5, 5.41) is 11.5. The normalized spacial score (nSPS) is 9.72. The number of rotatable bonds is 4. The average Bonchev–Trinajstić information content (AvgIpc) is 2.90. The monoisotopic (exact) mass is 240 g/mol. The number of nitrogens with one attached hydrogen (secondary N) is 1. The molecule has 0 saturated carbocycles. The van der Waals surface area contributed by atoms with Crippen LogP contribution in [0, 0.1) is 11.3 Å². The molecule has 1 aromatic heterocycles. The third kappa shape index (κ3) is 2.77. The van der Waals surface area contributed by atoms with Gasteiger partial charge in [0.2, 0.25) is 0 Å². The van der Waals surface area contributed by atoms with Gasteiger partial charge in [-0.25, -0.2) is 0 Å². The second-order valence-electron chi connectivity index (χ2n) is 3.75. The third-order valence-corrected chi connectivity index (χ3v) is 2.53. The Labute approximate surface area is 105 Å². The van der Waals surface area contributed by atoms with Gasteiger partial charge < -0.3 is 9.73 Å². The summed E-state index contributed by atoms with van der Waals surface area (Å²) in [4.78, 5) is 12.0. The number of benzene rings is 1. The summed E-state index contributed by atoms with van der Waals surface area (Å²) in [6.07, 6.45) is 1.79. The van der Waals surface area contributed by atoms with Gasteiger partial charge in [-0.05, 0) is 23.8 Å². The van der Waals surface area contributed by atoms with Gasteiger partial charge in [0.05, 0.1) is 25.3 Å². The summed E-state index contributed by atoms with van der Waals surface area (Å²) in [6.45, 7) is 0.340. The Morgan fingerprint density at radius 1 is 1.28 bits per heavy atom. The molecule has 90 valence electrons. The number of carbonyl (C=O) groups is 1. The molecular formula is C14H12N2O2. The van der Waals surface area contributed by atoms with Crippen molar-refractivity contribution in [2.24, 2.45) is 0 Å². The Balaban J connectivity index is 2.07. The molecule has 2 rings (SSSR count). The number of nitriles is 1. The fourth-order valence-corrected chi connectivity index (χ4v) is 1.66. The van der Waals surface area contributed by atoms with E-state index in [0.29, 0.717) is 17.9 Å². The molecule has 0 fully saturated rings. The number of nitrogens with zero attached hydrogens (tertiary/aromatic N) is 1. The Morgan fingerprint density at radius 2 is 2.11 bits per heavy atom. The molecule has 0 radical (unpaired) electrons. The lowest BCUT2D eigenvalue weighted by Crippen LogP contribution is -2.23. The van der Waals surface area contributed by atoms with Crippen molar-refractivity contribution in [2.75, 3.05) is 0 Å². The van der Waals surface area contributed by atoms with Crippen LogP contribution in [0.2, 0.25) is 0 Å². The lowest BCUT2D eigenvalue weighted by Gasteiger charge is -2.06. The molecule has 0 aliphatic heterocycles. The molecule has 0 spiro atoms. The van der Waals surface area contributed by atoms with Crippen LogP contribution in [0.3, 0.4) is 0 Å². The largest absolute Gasteiger partial charge is 0.467 e. The predicted molar refractivity (Wildman–Crippen MR) is 65.6 cm³/mol. The van der Waals surface area contributed by atoms with E-state index >= 15 is 0 Å². The van der Waals surface area contributed by atoms with Crippen molar-refractivity contribution in [2.45, 2.75) is 13.0 Å². The van der Waals surface area contributed by atoms with Crippen LogP contribution in [0.25, 0.3) is 0 Å². The van der Waals surface area contributed by atoms with Gasteiger partial charge in [-0.2, -0.15) is 5.26 Å². The van der Waals surface area contributed by atoms with E-state index in [-0.39, 0.29) is 12.3 Å². The summed E-state index contributed by atoms with van der Waals surface area (Å²) in [6, 6.07) is 12.7. The Bertz CT molecular complexity index is 568. The second kappa shape index (κ2) is 5.69. The van der Waals surface area contributed by atoms with Gasteiger partial charge in [-0.15, -0.1) is 0 Å². The minimum absolute atomic E-state index is 0.197. The van der Waals surface area contributed by atoms with Crippen molar-refractivity contribution in [3.8, 4) is 6.07 Å². The van der Waals surface area contributed by atoms with Crippen LogP contribution in [0.15, 0.2) is 47.1 Å². The van der Waals surface area contributed by atoms with E-state index in [4.69, 9.17) is 9.68 Å². The molecule has 4 heteroatoms. The van der Waals surface area contributed by atoms with E-state index in [2.05, 4.69) is 11.4 Å². The minimum Gasteiger partial charge on any atom is -0.467 e. The molecule has 1 amide bonds. The lowest BCUT2D eigenvalue weighted by atomic mass is 10.0. The third-order valence-electron chi connectivity index (χ3n) is 2.53. The van der Waals surface area contributed by atoms with Crippen molar-refractivity contribution in [3.05, 3.63) is 59.5 Å². The maximum atomic E-state index is 12.0. The van der Waals surface area contributed by atoms with Crippen LogP contribution in [0.5, 0.6) is 0 Å². The zero-order valence-corrected chi connectivity index (χ0v) is 9.72. The van der Waals surface area contributed by atoms with E-state index in [1.165, 1.54) is 0 Å². The summed E-state index contributed by atoms with van der Waals surface area (Å²) in [7, 11) is 0. The first kappa shape index (κ1) is 11.9. The molecule has 2 aromatic rings. The van der Waals surface area contributed by atoms with Gasteiger partial charge in [0, 0.05) is 5.56 Å². The quantitative estimate of drug-likeness (QED) is 0.891. The number of furan rings is 1. The van der Waals surface area contributed by atoms with Crippen LogP contribution in [0.4, 0.5) is 0 Å². The van der Waals surface area contributed by atoms with Crippen LogP contribution in [0.1, 0.15) is 21.7 Å². The van der Waals surface area contributed by atoms with E-state index < -0.39 is 0 Å². The van der Waals surface area contributed by atoms with Crippen molar-refractivity contribution in [1.29, 1.82) is 5.26 Å². The highest BCUT2D eigenvalue weighted by molar-refractivity contribution is 5.95. The molecule has 0 atom stereocenters. The highest BCUT2D eigenvalue weighted by Gasteiger charge is 2.10. The Hall–Kier alpha value is -2.54. The molecule has 0 saturated heterocycles. The summed E-state index contributed by atoms with van der Waals surface area (Å²) in [5.41, 5.74) is 1.27. The number of hydrogen-bond acceptors (Lipinski definition) is 3. The van der Waals surface area contributed by atoms with Crippen molar-refractivity contribution in [1.82, 2.24) is 5.32 Å². The first-order valence-electron chi connectivity index (χ1n) is 5.56. The predicted octanol–water partition coefficient (Wildman–Crippen LogP) is 2.28. The fourth-order valence-electron chi connectivity index (χ4n) is 1.66. The standard InChI is InChI=1S/C14H12N2O2/c15-8-7-11-4-1-2-6-13(11)14(17)16-10-12-5-3-9-18-12/h1-6,9H,7,10H2,(H,16,17). The van der Waals surface area contributed by atoms with E-state index in [1.54, 1.807) is 36.6 Å². The SMILES string of the molecule is N#CCc1ccccc1C(=O)NCc1ccco1. The van der Waals surface area contributed by atoms with Gasteiger partial charge in [-0.1, -0.05) is 18.2 Å². The van der Waals surface area contributed by atoms with E-state index in [1.807, 2.05) is 6.07 Å². The van der Waals surface area contributed by atoms with Crippen LogP contribution in [-0.2, 0) is 13.0 Å². The van der Waals surface area contributed by atoms with Crippen molar-refractivity contribution >= 4 is 5.91 Å². The number of carbonyl (C=O) groups excluding carboxylic acids is 1. The zero-order chi connectivity index (χ0) is 12.8. The molecule has 1 aromatic carbocycles. The van der Waals surface area contributed by atoms with Crippen LogP contribution >= 0.6 is 0 Å². The molecule has 0 unspecified atom stereocenters.